The van der Waals surface area contributed by atoms with Crippen LogP contribution in [0.25, 0.3) is 0 Å². The maximum absolute atomic E-state index is 11.8. The van der Waals surface area contributed by atoms with Crippen molar-refractivity contribution in [2.75, 3.05) is 24.2 Å². The topological polar surface area (TPSA) is 66.9 Å². The molecule has 106 valence electrons. The van der Waals surface area contributed by atoms with Crippen LogP contribution in [-0.4, -0.2) is 41.1 Å². The molecule has 5 nitrogen and oxygen atoms in total. The highest BCUT2D eigenvalue weighted by atomic mass is 32.2. The normalized spacial score (nSPS) is 11.1. The number of carbonyl (C=O) groups excluding carboxylic acids is 1. The number of amides is 1. The summed E-state index contributed by atoms with van der Waals surface area (Å²) in [7, 11) is 0. The summed E-state index contributed by atoms with van der Waals surface area (Å²) in [4.78, 5) is 11.1. The molecule has 0 aliphatic rings. The highest BCUT2D eigenvalue weighted by Crippen LogP contribution is 2.25. The number of anilines is 1. The van der Waals surface area contributed by atoms with Gasteiger partial charge in [0.05, 0.1) is 5.75 Å². The van der Waals surface area contributed by atoms with E-state index in [0.717, 1.165) is 11.8 Å². The first-order valence-electron chi connectivity index (χ1n) is 5.05. The van der Waals surface area contributed by atoms with Crippen molar-refractivity contribution in [1.29, 1.82) is 0 Å². The van der Waals surface area contributed by atoms with Gasteiger partial charge in [-0.05, 0) is 0 Å². The Morgan fingerprint density at radius 1 is 1.47 bits per heavy atom. The molecule has 0 aromatic carbocycles. The molecule has 1 aromatic heterocycles. The molecule has 0 aliphatic heterocycles. The number of aromatic nitrogens is 2. The van der Waals surface area contributed by atoms with Crippen molar-refractivity contribution in [2.45, 2.75) is 10.5 Å². The van der Waals surface area contributed by atoms with Gasteiger partial charge in [0, 0.05) is 6.54 Å². The third-order valence-electron chi connectivity index (χ3n) is 1.62. The fourth-order valence-corrected chi connectivity index (χ4v) is 2.46. The van der Waals surface area contributed by atoms with Gasteiger partial charge in [0.1, 0.15) is 6.54 Å². The zero-order valence-electron chi connectivity index (χ0n) is 9.66. The summed E-state index contributed by atoms with van der Waals surface area (Å²) in [6.45, 7) is 2.73. The number of rotatable bonds is 7. The molecule has 1 rings (SSSR count). The number of hydrogen-bond acceptors (Lipinski definition) is 6. The Kier molecular flexibility index (Phi) is 6.09. The summed E-state index contributed by atoms with van der Waals surface area (Å²) >= 11 is 2.25. The van der Waals surface area contributed by atoms with Crippen LogP contribution in [0.15, 0.2) is 17.0 Å². The zero-order chi connectivity index (χ0) is 14.3. The molecule has 1 amide bonds. The number of alkyl halides is 3. The number of halogens is 3. The molecule has 0 saturated carbocycles. The lowest BCUT2D eigenvalue weighted by molar-refractivity contribution is -0.136. The smallest absolute Gasteiger partial charge is 0.357 e. The van der Waals surface area contributed by atoms with Crippen LogP contribution in [0.5, 0.6) is 0 Å². The average molecular weight is 312 g/mol. The number of nitrogens with one attached hydrogen (secondary N) is 2. The lowest BCUT2D eigenvalue weighted by Crippen LogP contribution is -2.34. The minimum atomic E-state index is -4.40. The third kappa shape index (κ3) is 7.01. The molecule has 1 heterocycles. The molecule has 0 spiro atoms. The summed E-state index contributed by atoms with van der Waals surface area (Å²) < 4.78 is 36.0. The predicted molar refractivity (Wildman–Crippen MR) is 68.4 cm³/mol. The van der Waals surface area contributed by atoms with Gasteiger partial charge in [-0.1, -0.05) is 29.2 Å². The molecule has 0 radical (unpaired) electrons. The summed E-state index contributed by atoms with van der Waals surface area (Å²) in [6, 6.07) is 0. The van der Waals surface area contributed by atoms with Crippen LogP contribution >= 0.6 is 23.1 Å². The number of carbonyl (C=O) groups is 1. The maximum atomic E-state index is 11.8. The quantitative estimate of drug-likeness (QED) is 0.595. The van der Waals surface area contributed by atoms with E-state index >= 15 is 0 Å². The Balaban J connectivity index is 2.30. The van der Waals surface area contributed by atoms with E-state index in [-0.39, 0.29) is 5.75 Å². The fourth-order valence-electron chi connectivity index (χ4n) is 0.876. The minimum Gasteiger partial charge on any atom is -0.357 e. The van der Waals surface area contributed by atoms with E-state index < -0.39 is 18.6 Å². The Labute approximate surface area is 115 Å². The third-order valence-corrected chi connectivity index (χ3v) is 3.63. The Hall–Kier alpha value is -1.29. The van der Waals surface area contributed by atoms with Crippen LogP contribution < -0.4 is 10.6 Å². The largest absolute Gasteiger partial charge is 0.405 e. The summed E-state index contributed by atoms with van der Waals surface area (Å²) in [5, 5.41) is 12.8. The van der Waals surface area contributed by atoms with Gasteiger partial charge in [0.15, 0.2) is 4.34 Å². The zero-order valence-corrected chi connectivity index (χ0v) is 11.3. The monoisotopic (exact) mass is 312 g/mol. The van der Waals surface area contributed by atoms with Gasteiger partial charge in [-0.3, -0.25) is 4.79 Å². The van der Waals surface area contributed by atoms with E-state index in [0.29, 0.717) is 16.0 Å². The lowest BCUT2D eigenvalue weighted by Gasteiger charge is -2.07. The molecule has 0 aliphatic carbocycles. The van der Waals surface area contributed by atoms with Crippen molar-refractivity contribution in [3.63, 3.8) is 0 Å². The molecule has 0 fully saturated rings. The van der Waals surface area contributed by atoms with Crippen molar-refractivity contribution in [2.24, 2.45) is 0 Å². The maximum Gasteiger partial charge on any atom is 0.405 e. The van der Waals surface area contributed by atoms with Crippen molar-refractivity contribution in [3.8, 4) is 0 Å². The first-order valence-corrected chi connectivity index (χ1v) is 6.85. The Morgan fingerprint density at radius 3 is 2.84 bits per heavy atom. The van der Waals surface area contributed by atoms with E-state index in [1.165, 1.54) is 11.3 Å². The van der Waals surface area contributed by atoms with Gasteiger partial charge < -0.3 is 10.6 Å². The summed E-state index contributed by atoms with van der Waals surface area (Å²) in [6.07, 6.45) is -2.75. The van der Waals surface area contributed by atoms with Crippen LogP contribution in [0.4, 0.5) is 18.3 Å². The first kappa shape index (κ1) is 15.8. The molecular formula is C9H11F3N4OS2. The summed E-state index contributed by atoms with van der Waals surface area (Å²) in [5.74, 6) is -0.829. The Morgan fingerprint density at radius 2 is 2.21 bits per heavy atom. The van der Waals surface area contributed by atoms with Crippen molar-refractivity contribution >= 4 is 34.1 Å². The Bertz CT molecular complexity index is 435. The van der Waals surface area contributed by atoms with E-state index in [9.17, 15) is 18.0 Å². The molecule has 0 atom stereocenters. The van der Waals surface area contributed by atoms with Gasteiger partial charge in [0.25, 0.3) is 0 Å². The standard InChI is InChI=1S/C9H11F3N4OS2/c1-2-3-13-7-15-16-8(19-7)18-4-6(17)14-5-9(10,11)12/h2H,1,3-5H2,(H,13,15)(H,14,17). The molecule has 0 unspecified atom stereocenters. The van der Waals surface area contributed by atoms with Crippen molar-refractivity contribution in [1.82, 2.24) is 15.5 Å². The van der Waals surface area contributed by atoms with Gasteiger partial charge in [-0.15, -0.1) is 16.8 Å². The molecule has 10 heteroatoms. The number of hydrogen-bond donors (Lipinski definition) is 2. The van der Waals surface area contributed by atoms with Crippen LogP contribution in [0.2, 0.25) is 0 Å². The molecule has 0 bridgehead atoms. The second-order valence-electron chi connectivity index (χ2n) is 3.22. The first-order chi connectivity index (χ1) is 8.90. The van der Waals surface area contributed by atoms with Gasteiger partial charge in [0.2, 0.25) is 11.0 Å². The highest BCUT2D eigenvalue weighted by Gasteiger charge is 2.27. The SMILES string of the molecule is C=CCNc1nnc(SCC(=O)NCC(F)(F)F)s1. The van der Waals surface area contributed by atoms with Crippen LogP contribution in [0, 0.1) is 0 Å². The van der Waals surface area contributed by atoms with Crippen LogP contribution in [0.3, 0.4) is 0 Å². The van der Waals surface area contributed by atoms with E-state index in [4.69, 9.17) is 0 Å². The van der Waals surface area contributed by atoms with Crippen molar-refractivity contribution in [3.05, 3.63) is 12.7 Å². The number of nitrogens with zero attached hydrogens (tertiary/aromatic N) is 2. The predicted octanol–water partition coefficient (Wildman–Crippen LogP) is 1.91. The lowest BCUT2D eigenvalue weighted by atomic mass is 10.6. The second-order valence-corrected chi connectivity index (χ2v) is 5.42. The van der Waals surface area contributed by atoms with E-state index in [2.05, 4.69) is 22.1 Å². The molecular weight excluding hydrogens is 301 g/mol. The fraction of sp³-hybridized carbons (Fsp3) is 0.444. The molecule has 0 saturated heterocycles. The van der Waals surface area contributed by atoms with Gasteiger partial charge in [-0.25, -0.2) is 0 Å². The molecule has 2 N–H and O–H groups in total. The second kappa shape index (κ2) is 7.34. The van der Waals surface area contributed by atoms with Crippen LogP contribution in [-0.2, 0) is 4.79 Å². The summed E-state index contributed by atoms with van der Waals surface area (Å²) in [5.41, 5.74) is 0. The van der Waals surface area contributed by atoms with Crippen LogP contribution in [0.1, 0.15) is 0 Å². The van der Waals surface area contributed by atoms with Gasteiger partial charge >= 0.3 is 6.18 Å². The molecule has 1 aromatic rings. The van der Waals surface area contributed by atoms with E-state index in [1.54, 1.807) is 11.4 Å². The average Bonchev–Trinajstić information content (AvgIpc) is 2.78. The van der Waals surface area contributed by atoms with Gasteiger partial charge in [-0.2, -0.15) is 13.2 Å². The molecule has 19 heavy (non-hydrogen) atoms. The van der Waals surface area contributed by atoms with E-state index in [1.807, 2.05) is 0 Å². The minimum absolute atomic E-state index is 0.133. The highest BCUT2D eigenvalue weighted by molar-refractivity contribution is 8.01. The number of thioether (sulfide) groups is 1. The van der Waals surface area contributed by atoms with Crippen molar-refractivity contribution < 1.29 is 18.0 Å².